The molecule has 7 nitrogen and oxygen atoms in total. The number of aromatic nitrogens is 2. The van der Waals surface area contributed by atoms with Gasteiger partial charge in [0.25, 0.3) is 5.91 Å². The van der Waals surface area contributed by atoms with Crippen LogP contribution in [0.25, 0.3) is 0 Å². The molecule has 1 saturated carbocycles. The predicted octanol–water partition coefficient (Wildman–Crippen LogP) is 3.30. The number of amides is 2. The van der Waals surface area contributed by atoms with Crippen molar-refractivity contribution in [3.63, 3.8) is 0 Å². The topological polar surface area (TPSA) is 93.2 Å². The van der Waals surface area contributed by atoms with Gasteiger partial charge < -0.3 is 15.4 Å². The minimum Gasteiger partial charge on any atom is -0.444 e. The first-order valence-electron chi connectivity index (χ1n) is 9.74. The standard InChI is InChI=1S/C20H32N4O3/c1-13-11-16(23-14(2)22-13)18(25)24-17(15-9-7-6-8-10-15)12-21-19(26)27-20(3,4)5/h11,15,17H,6-10,12H2,1-5H3,(H,21,26)(H,24,25). The van der Waals surface area contributed by atoms with Crippen molar-refractivity contribution < 1.29 is 14.3 Å². The fraction of sp³-hybridized carbons (Fsp3) is 0.700. The molecule has 1 aliphatic rings. The second-order valence-corrected chi connectivity index (χ2v) is 8.30. The second-order valence-electron chi connectivity index (χ2n) is 8.30. The fourth-order valence-corrected chi connectivity index (χ4v) is 3.46. The Bertz CT molecular complexity index is 643. The first-order valence-corrected chi connectivity index (χ1v) is 9.74. The van der Waals surface area contributed by atoms with E-state index in [0.717, 1.165) is 31.4 Å². The van der Waals surface area contributed by atoms with E-state index in [1.165, 1.54) is 6.42 Å². The lowest BCUT2D eigenvalue weighted by atomic mass is 9.83. The number of rotatable bonds is 5. The molecule has 1 fully saturated rings. The fourth-order valence-electron chi connectivity index (χ4n) is 3.46. The van der Waals surface area contributed by atoms with Crippen LogP contribution in [-0.2, 0) is 4.74 Å². The van der Waals surface area contributed by atoms with Crippen molar-refractivity contribution in [2.45, 2.75) is 78.4 Å². The number of alkyl carbamates (subject to hydrolysis) is 1. The van der Waals surface area contributed by atoms with E-state index < -0.39 is 11.7 Å². The smallest absolute Gasteiger partial charge is 0.407 e. The van der Waals surface area contributed by atoms with Crippen molar-refractivity contribution in [3.05, 3.63) is 23.3 Å². The summed E-state index contributed by atoms with van der Waals surface area (Å²) in [6.07, 6.45) is 5.14. The largest absolute Gasteiger partial charge is 0.444 e. The number of aryl methyl sites for hydroxylation is 2. The van der Waals surface area contributed by atoms with Crippen LogP contribution in [0.15, 0.2) is 6.07 Å². The summed E-state index contributed by atoms with van der Waals surface area (Å²) >= 11 is 0. The molecule has 0 bridgehead atoms. The van der Waals surface area contributed by atoms with Crippen molar-refractivity contribution in [2.24, 2.45) is 5.92 Å². The number of carbonyl (C=O) groups excluding carboxylic acids is 2. The summed E-state index contributed by atoms with van der Waals surface area (Å²) in [6.45, 7) is 9.43. The molecule has 1 aromatic heterocycles. The third kappa shape index (κ3) is 7.15. The number of hydrogen-bond acceptors (Lipinski definition) is 5. The first kappa shape index (κ1) is 21.1. The summed E-state index contributed by atoms with van der Waals surface area (Å²) < 4.78 is 5.31. The maximum Gasteiger partial charge on any atom is 0.407 e. The van der Waals surface area contributed by atoms with Crippen LogP contribution < -0.4 is 10.6 Å². The highest BCUT2D eigenvalue weighted by Crippen LogP contribution is 2.26. The number of ether oxygens (including phenoxy) is 1. The van der Waals surface area contributed by atoms with E-state index in [1.807, 2.05) is 27.7 Å². The van der Waals surface area contributed by atoms with Gasteiger partial charge >= 0.3 is 6.09 Å². The van der Waals surface area contributed by atoms with Gasteiger partial charge in [-0.3, -0.25) is 4.79 Å². The zero-order valence-electron chi connectivity index (χ0n) is 17.1. The van der Waals surface area contributed by atoms with Crippen LogP contribution in [0.5, 0.6) is 0 Å². The molecule has 0 saturated heterocycles. The molecule has 1 aliphatic carbocycles. The van der Waals surface area contributed by atoms with Crippen LogP contribution in [0, 0.1) is 19.8 Å². The lowest BCUT2D eigenvalue weighted by Gasteiger charge is -2.31. The first-order chi connectivity index (χ1) is 12.6. The van der Waals surface area contributed by atoms with Gasteiger partial charge in [0.05, 0.1) is 0 Å². The van der Waals surface area contributed by atoms with Gasteiger partial charge in [0.1, 0.15) is 17.1 Å². The molecule has 0 spiro atoms. The monoisotopic (exact) mass is 376 g/mol. The van der Waals surface area contributed by atoms with E-state index in [4.69, 9.17) is 4.74 Å². The maximum absolute atomic E-state index is 12.7. The lowest BCUT2D eigenvalue weighted by Crippen LogP contribution is -2.49. The van der Waals surface area contributed by atoms with Crippen LogP contribution in [-0.4, -0.2) is 40.2 Å². The molecule has 0 aromatic carbocycles. The normalized spacial score (nSPS) is 16.5. The van der Waals surface area contributed by atoms with Gasteiger partial charge in [0.2, 0.25) is 0 Å². The lowest BCUT2D eigenvalue weighted by molar-refractivity contribution is 0.0512. The van der Waals surface area contributed by atoms with Crippen molar-refractivity contribution in [3.8, 4) is 0 Å². The van der Waals surface area contributed by atoms with Crippen molar-refractivity contribution in [1.29, 1.82) is 0 Å². The Balaban J connectivity index is 2.05. The Labute approximate surface area is 161 Å². The highest BCUT2D eigenvalue weighted by atomic mass is 16.6. The van der Waals surface area contributed by atoms with Gasteiger partial charge in [0.15, 0.2) is 0 Å². The number of hydrogen-bond donors (Lipinski definition) is 2. The third-order valence-electron chi connectivity index (χ3n) is 4.60. The van der Waals surface area contributed by atoms with E-state index >= 15 is 0 Å². The number of nitrogens with one attached hydrogen (secondary N) is 2. The van der Waals surface area contributed by atoms with Gasteiger partial charge in [-0.05, 0) is 59.4 Å². The second kappa shape index (κ2) is 9.15. The minimum absolute atomic E-state index is 0.152. The van der Waals surface area contributed by atoms with E-state index in [2.05, 4.69) is 20.6 Å². The van der Waals surface area contributed by atoms with Crippen LogP contribution in [0.4, 0.5) is 4.79 Å². The summed E-state index contributed by atoms with van der Waals surface area (Å²) in [7, 11) is 0. The van der Waals surface area contributed by atoms with Crippen molar-refractivity contribution in [1.82, 2.24) is 20.6 Å². The van der Waals surface area contributed by atoms with Gasteiger partial charge in [-0.1, -0.05) is 19.3 Å². The summed E-state index contributed by atoms with van der Waals surface area (Å²) in [5.74, 6) is 0.674. The molecule has 0 aliphatic heterocycles. The molecule has 27 heavy (non-hydrogen) atoms. The van der Waals surface area contributed by atoms with Crippen LogP contribution >= 0.6 is 0 Å². The van der Waals surface area contributed by atoms with Gasteiger partial charge in [0, 0.05) is 18.3 Å². The van der Waals surface area contributed by atoms with Crippen molar-refractivity contribution >= 4 is 12.0 Å². The van der Waals surface area contributed by atoms with Gasteiger partial charge in [-0.25, -0.2) is 14.8 Å². The molecule has 2 rings (SSSR count). The molecule has 150 valence electrons. The molecule has 1 heterocycles. The maximum atomic E-state index is 12.7. The van der Waals surface area contributed by atoms with E-state index in [-0.39, 0.29) is 11.9 Å². The van der Waals surface area contributed by atoms with Gasteiger partial charge in [-0.15, -0.1) is 0 Å². The van der Waals surface area contributed by atoms with Crippen molar-refractivity contribution in [2.75, 3.05) is 6.54 Å². The molecule has 1 aromatic rings. The Morgan fingerprint density at radius 3 is 2.44 bits per heavy atom. The molecule has 0 radical (unpaired) electrons. The van der Waals surface area contributed by atoms with E-state index in [1.54, 1.807) is 13.0 Å². The molecule has 2 amide bonds. The molecule has 2 N–H and O–H groups in total. The quantitative estimate of drug-likeness (QED) is 0.822. The van der Waals surface area contributed by atoms with Crippen LogP contribution in [0.2, 0.25) is 0 Å². The predicted molar refractivity (Wildman–Crippen MR) is 104 cm³/mol. The molecule has 1 atom stereocenters. The highest BCUT2D eigenvalue weighted by Gasteiger charge is 2.27. The Hall–Kier alpha value is -2.18. The summed E-state index contributed by atoms with van der Waals surface area (Å²) in [5.41, 5.74) is 0.566. The molecule has 7 heteroatoms. The SMILES string of the molecule is Cc1cc(C(=O)NC(CNC(=O)OC(C)(C)C)C2CCCCC2)nc(C)n1. The number of carbonyl (C=O) groups is 2. The van der Waals surface area contributed by atoms with E-state index in [9.17, 15) is 9.59 Å². The summed E-state index contributed by atoms with van der Waals surface area (Å²) in [5, 5.41) is 5.88. The third-order valence-corrected chi connectivity index (χ3v) is 4.60. The summed E-state index contributed by atoms with van der Waals surface area (Å²) in [6, 6.07) is 1.53. The molecule has 1 unspecified atom stereocenters. The Kier molecular flexibility index (Phi) is 7.16. The average Bonchev–Trinajstić information content (AvgIpc) is 2.56. The Morgan fingerprint density at radius 1 is 1.19 bits per heavy atom. The summed E-state index contributed by atoms with van der Waals surface area (Å²) in [4.78, 5) is 33.2. The van der Waals surface area contributed by atoms with Crippen LogP contribution in [0.1, 0.15) is 74.9 Å². The number of nitrogens with zero attached hydrogens (tertiary/aromatic N) is 2. The molecular formula is C20H32N4O3. The molecular weight excluding hydrogens is 344 g/mol. The zero-order chi connectivity index (χ0) is 20.0. The average molecular weight is 377 g/mol. The van der Waals surface area contributed by atoms with E-state index in [0.29, 0.717) is 24.0 Å². The minimum atomic E-state index is -0.552. The Morgan fingerprint density at radius 2 is 1.85 bits per heavy atom. The van der Waals surface area contributed by atoms with Crippen LogP contribution in [0.3, 0.4) is 0 Å². The zero-order valence-corrected chi connectivity index (χ0v) is 17.1. The highest BCUT2D eigenvalue weighted by molar-refractivity contribution is 5.92. The van der Waals surface area contributed by atoms with Gasteiger partial charge in [-0.2, -0.15) is 0 Å².